The number of likely N-dealkylation sites (N-methyl/N-ethyl adjacent to an activating group) is 1. The minimum absolute atomic E-state index is 0.0351. The second-order valence-corrected chi connectivity index (χ2v) is 6.21. The minimum Gasteiger partial charge on any atom is -0.395 e. The molecule has 2 rings (SSSR count). The van der Waals surface area contributed by atoms with Gasteiger partial charge in [0.05, 0.1) is 12.0 Å². The highest BCUT2D eigenvalue weighted by Gasteiger charge is 2.62. The summed E-state index contributed by atoms with van der Waals surface area (Å²) in [5.41, 5.74) is -0.576. The van der Waals surface area contributed by atoms with E-state index in [1.807, 2.05) is 11.9 Å². The molecule has 2 N–H and O–H groups in total. The standard InChI is InChI=1S/C12H22N2O2/c1-11(2,3)12-5-8(13-9(12)7-15)6-14(4)10(12)16/h8-9,13,15H,5-7H2,1-4H3/t8-,9+,12-/m1/s1. The fourth-order valence-corrected chi connectivity index (χ4v) is 3.48. The van der Waals surface area contributed by atoms with Crippen LogP contribution in [0.15, 0.2) is 0 Å². The van der Waals surface area contributed by atoms with Gasteiger partial charge in [-0.25, -0.2) is 0 Å². The van der Waals surface area contributed by atoms with Crippen molar-refractivity contribution in [3.8, 4) is 0 Å². The van der Waals surface area contributed by atoms with Crippen molar-refractivity contribution < 1.29 is 9.90 Å². The summed E-state index contributed by atoms with van der Waals surface area (Å²) in [5.74, 6) is 0.181. The molecule has 0 unspecified atom stereocenters. The Hall–Kier alpha value is -0.610. The van der Waals surface area contributed by atoms with Gasteiger partial charge in [0, 0.05) is 25.7 Å². The van der Waals surface area contributed by atoms with Crippen molar-refractivity contribution in [3.63, 3.8) is 0 Å². The summed E-state index contributed by atoms with van der Waals surface area (Å²) in [7, 11) is 1.86. The third kappa shape index (κ3) is 1.32. The van der Waals surface area contributed by atoms with E-state index < -0.39 is 5.41 Å². The zero-order valence-electron chi connectivity index (χ0n) is 10.6. The highest BCUT2D eigenvalue weighted by atomic mass is 16.3. The lowest BCUT2D eigenvalue weighted by Crippen LogP contribution is -2.57. The van der Waals surface area contributed by atoms with E-state index in [-0.39, 0.29) is 24.0 Å². The summed E-state index contributed by atoms with van der Waals surface area (Å²) >= 11 is 0. The molecule has 1 amide bonds. The number of nitrogens with one attached hydrogen (secondary N) is 1. The Labute approximate surface area is 97.0 Å². The maximum Gasteiger partial charge on any atom is 0.230 e. The Bertz CT molecular complexity index is 311. The number of aliphatic hydroxyl groups excluding tert-OH is 1. The first kappa shape index (κ1) is 11.9. The predicted octanol–water partition coefficient (Wildman–Crippen LogP) is 0.214. The van der Waals surface area contributed by atoms with E-state index in [1.54, 1.807) is 0 Å². The van der Waals surface area contributed by atoms with Gasteiger partial charge in [0.15, 0.2) is 0 Å². The van der Waals surface area contributed by atoms with Crippen LogP contribution in [-0.4, -0.2) is 48.2 Å². The molecule has 2 saturated heterocycles. The van der Waals surface area contributed by atoms with Crippen LogP contribution in [0.4, 0.5) is 0 Å². The minimum atomic E-state index is -0.445. The normalized spacial score (nSPS) is 39.3. The molecule has 2 aliphatic heterocycles. The molecule has 3 atom stereocenters. The molecule has 0 radical (unpaired) electrons. The van der Waals surface area contributed by atoms with Crippen LogP contribution in [0.5, 0.6) is 0 Å². The third-order valence-electron chi connectivity index (χ3n) is 4.34. The summed E-state index contributed by atoms with van der Waals surface area (Å²) in [5, 5.41) is 12.9. The van der Waals surface area contributed by atoms with Crippen molar-refractivity contribution in [2.24, 2.45) is 10.8 Å². The van der Waals surface area contributed by atoms with Crippen LogP contribution in [0.3, 0.4) is 0 Å². The quantitative estimate of drug-likeness (QED) is 0.672. The molecule has 2 bridgehead atoms. The van der Waals surface area contributed by atoms with E-state index in [2.05, 4.69) is 26.1 Å². The number of hydrogen-bond donors (Lipinski definition) is 2. The third-order valence-corrected chi connectivity index (χ3v) is 4.34. The largest absolute Gasteiger partial charge is 0.395 e. The highest BCUT2D eigenvalue weighted by Crippen LogP contribution is 2.52. The lowest BCUT2D eigenvalue weighted by atomic mass is 9.60. The first-order chi connectivity index (χ1) is 7.33. The summed E-state index contributed by atoms with van der Waals surface area (Å²) < 4.78 is 0. The van der Waals surface area contributed by atoms with Crippen LogP contribution in [-0.2, 0) is 4.79 Å². The smallest absolute Gasteiger partial charge is 0.230 e. The predicted molar refractivity (Wildman–Crippen MR) is 61.9 cm³/mol. The van der Waals surface area contributed by atoms with Crippen LogP contribution < -0.4 is 5.32 Å². The number of likely N-dealkylation sites (tertiary alicyclic amines) is 1. The van der Waals surface area contributed by atoms with Gasteiger partial charge < -0.3 is 15.3 Å². The van der Waals surface area contributed by atoms with Crippen LogP contribution in [0.25, 0.3) is 0 Å². The first-order valence-electron chi connectivity index (χ1n) is 5.95. The molecular formula is C12H22N2O2. The molecule has 0 aliphatic carbocycles. The molecule has 0 saturated carbocycles. The summed E-state index contributed by atoms with van der Waals surface area (Å²) in [6.45, 7) is 7.07. The van der Waals surface area contributed by atoms with Crippen molar-refractivity contribution in [3.05, 3.63) is 0 Å². The topological polar surface area (TPSA) is 52.6 Å². The van der Waals surface area contributed by atoms with Gasteiger partial charge in [-0.05, 0) is 11.8 Å². The zero-order valence-corrected chi connectivity index (χ0v) is 10.6. The van der Waals surface area contributed by atoms with Gasteiger partial charge >= 0.3 is 0 Å². The second-order valence-electron chi connectivity index (χ2n) is 6.21. The summed E-state index contributed by atoms with van der Waals surface area (Å²) in [6.07, 6.45) is 0.852. The van der Waals surface area contributed by atoms with E-state index >= 15 is 0 Å². The first-order valence-corrected chi connectivity index (χ1v) is 5.95. The number of amides is 1. The highest BCUT2D eigenvalue weighted by molar-refractivity contribution is 5.86. The Balaban J connectivity index is 2.47. The lowest BCUT2D eigenvalue weighted by Gasteiger charge is -2.47. The van der Waals surface area contributed by atoms with Gasteiger partial charge in [0.25, 0.3) is 0 Å². The molecule has 2 heterocycles. The Kier molecular flexibility index (Phi) is 2.55. The van der Waals surface area contributed by atoms with Gasteiger partial charge in [0.2, 0.25) is 5.91 Å². The summed E-state index contributed by atoms with van der Waals surface area (Å²) in [4.78, 5) is 14.3. The van der Waals surface area contributed by atoms with Crippen LogP contribution in [0.2, 0.25) is 0 Å². The van der Waals surface area contributed by atoms with E-state index in [0.29, 0.717) is 6.04 Å². The zero-order chi connectivity index (χ0) is 12.1. The van der Waals surface area contributed by atoms with Crippen LogP contribution >= 0.6 is 0 Å². The van der Waals surface area contributed by atoms with Crippen molar-refractivity contribution in [1.29, 1.82) is 0 Å². The molecule has 0 aromatic heterocycles. The average molecular weight is 226 g/mol. The molecular weight excluding hydrogens is 204 g/mol. The number of piperidine rings is 1. The monoisotopic (exact) mass is 226 g/mol. The maximum absolute atomic E-state index is 12.5. The molecule has 2 aliphatic rings. The molecule has 0 aromatic rings. The number of rotatable bonds is 1. The Morgan fingerprint density at radius 3 is 2.69 bits per heavy atom. The Morgan fingerprint density at radius 2 is 2.19 bits per heavy atom. The van der Waals surface area contributed by atoms with Gasteiger partial charge in [-0.3, -0.25) is 4.79 Å². The number of carbonyl (C=O) groups is 1. The van der Waals surface area contributed by atoms with E-state index in [9.17, 15) is 9.90 Å². The number of aliphatic hydroxyl groups is 1. The number of carbonyl (C=O) groups excluding carboxylic acids is 1. The number of hydrogen-bond acceptors (Lipinski definition) is 3. The molecule has 2 fully saturated rings. The van der Waals surface area contributed by atoms with Crippen molar-refractivity contribution in [1.82, 2.24) is 10.2 Å². The molecule has 4 heteroatoms. The van der Waals surface area contributed by atoms with Crippen molar-refractivity contribution in [2.75, 3.05) is 20.2 Å². The fraction of sp³-hybridized carbons (Fsp3) is 0.917. The fourth-order valence-electron chi connectivity index (χ4n) is 3.48. The van der Waals surface area contributed by atoms with Crippen LogP contribution in [0.1, 0.15) is 27.2 Å². The van der Waals surface area contributed by atoms with E-state index in [1.165, 1.54) is 0 Å². The second kappa shape index (κ2) is 3.44. The number of nitrogens with zero attached hydrogens (tertiary/aromatic N) is 1. The van der Waals surface area contributed by atoms with Gasteiger partial charge in [-0.15, -0.1) is 0 Å². The molecule has 0 aromatic carbocycles. The van der Waals surface area contributed by atoms with Gasteiger partial charge in [-0.1, -0.05) is 20.8 Å². The van der Waals surface area contributed by atoms with Crippen molar-refractivity contribution in [2.45, 2.75) is 39.3 Å². The SMILES string of the molecule is CN1C[C@H]2C[C@](C(C)(C)C)(C1=O)[C@H](CO)N2. The van der Waals surface area contributed by atoms with E-state index in [0.717, 1.165) is 13.0 Å². The maximum atomic E-state index is 12.5. The average Bonchev–Trinajstić information content (AvgIpc) is 2.50. The molecule has 0 spiro atoms. The van der Waals surface area contributed by atoms with Crippen molar-refractivity contribution >= 4 is 5.91 Å². The van der Waals surface area contributed by atoms with Crippen LogP contribution in [0, 0.1) is 10.8 Å². The molecule has 92 valence electrons. The lowest BCUT2D eigenvalue weighted by molar-refractivity contribution is -0.152. The number of fused-ring (bicyclic) bond motifs is 2. The summed E-state index contributed by atoms with van der Waals surface area (Å²) in [6, 6.07) is 0.231. The Morgan fingerprint density at radius 1 is 1.56 bits per heavy atom. The van der Waals surface area contributed by atoms with Gasteiger partial charge in [0.1, 0.15) is 0 Å². The van der Waals surface area contributed by atoms with Gasteiger partial charge in [-0.2, -0.15) is 0 Å². The van der Waals surface area contributed by atoms with E-state index in [4.69, 9.17) is 0 Å². The molecule has 4 nitrogen and oxygen atoms in total. The molecule has 16 heavy (non-hydrogen) atoms.